The summed E-state index contributed by atoms with van der Waals surface area (Å²) in [4.78, 5) is 20.5. The summed E-state index contributed by atoms with van der Waals surface area (Å²) in [6.07, 6.45) is 0. The first-order chi connectivity index (χ1) is 6.59. The minimum atomic E-state index is -0.937. The summed E-state index contributed by atoms with van der Waals surface area (Å²) < 4.78 is 4.40. The predicted molar refractivity (Wildman–Crippen MR) is 51.3 cm³/mol. The van der Waals surface area contributed by atoms with E-state index < -0.39 is 10.4 Å². The normalized spacial score (nSPS) is 9.50. The molecule has 0 aliphatic rings. The van der Waals surface area contributed by atoms with Crippen LogP contribution in [-0.4, -0.2) is 10.4 Å². The van der Waals surface area contributed by atoms with Gasteiger partial charge in [0.2, 0.25) is 0 Å². The molecule has 0 fully saturated rings. The van der Waals surface area contributed by atoms with Crippen LogP contribution in [0, 0.1) is 10.1 Å². The molecule has 1 aromatic rings. The highest BCUT2D eigenvalue weighted by Crippen LogP contribution is 2.22. The van der Waals surface area contributed by atoms with Gasteiger partial charge in [0.05, 0.1) is 17.0 Å². The Morgan fingerprint density at radius 1 is 1.43 bits per heavy atom. The van der Waals surface area contributed by atoms with E-state index in [4.69, 9.17) is 11.6 Å². The van der Waals surface area contributed by atoms with Crippen molar-refractivity contribution in [3.63, 3.8) is 0 Å². The SMILES string of the molecule is O=C(Cl)OSc1ccc([N+](=O)[O-])cc1. The molecule has 5 nitrogen and oxygen atoms in total. The van der Waals surface area contributed by atoms with E-state index in [0.717, 1.165) is 12.0 Å². The van der Waals surface area contributed by atoms with Gasteiger partial charge in [-0.2, -0.15) is 0 Å². The molecule has 0 spiro atoms. The van der Waals surface area contributed by atoms with Crippen molar-refractivity contribution in [1.29, 1.82) is 0 Å². The minimum Gasteiger partial charge on any atom is -0.374 e. The molecule has 0 bridgehead atoms. The van der Waals surface area contributed by atoms with Gasteiger partial charge in [0.1, 0.15) is 0 Å². The van der Waals surface area contributed by atoms with Gasteiger partial charge in [0.15, 0.2) is 0 Å². The lowest BCUT2D eigenvalue weighted by atomic mass is 10.3. The molecule has 1 rings (SSSR count). The van der Waals surface area contributed by atoms with Crippen LogP contribution in [0.25, 0.3) is 0 Å². The lowest BCUT2D eigenvalue weighted by Crippen LogP contribution is -1.87. The van der Waals surface area contributed by atoms with Crippen molar-refractivity contribution in [2.24, 2.45) is 0 Å². The van der Waals surface area contributed by atoms with E-state index in [1.165, 1.54) is 24.3 Å². The number of carbonyl (C=O) groups excluding carboxylic acids is 1. The summed E-state index contributed by atoms with van der Waals surface area (Å²) in [6.45, 7) is 0. The second kappa shape index (κ2) is 4.83. The molecule has 0 saturated carbocycles. The third-order valence-electron chi connectivity index (χ3n) is 1.25. The van der Waals surface area contributed by atoms with Crippen molar-refractivity contribution in [3.8, 4) is 0 Å². The van der Waals surface area contributed by atoms with E-state index in [1.54, 1.807) is 0 Å². The highest BCUT2D eigenvalue weighted by molar-refractivity contribution is 7.95. The summed E-state index contributed by atoms with van der Waals surface area (Å²) in [5, 5.41) is 10.3. The minimum absolute atomic E-state index is 0.0217. The van der Waals surface area contributed by atoms with Gasteiger partial charge in [-0.05, 0) is 12.1 Å². The fraction of sp³-hybridized carbons (Fsp3) is 0. The molecule has 0 N–H and O–H groups in total. The fourth-order valence-electron chi connectivity index (χ4n) is 0.704. The van der Waals surface area contributed by atoms with E-state index in [9.17, 15) is 14.9 Å². The van der Waals surface area contributed by atoms with Crippen molar-refractivity contribution >= 4 is 34.8 Å². The van der Waals surface area contributed by atoms with Gasteiger partial charge in [0, 0.05) is 28.6 Å². The predicted octanol–water partition coefficient (Wildman–Crippen LogP) is 2.98. The van der Waals surface area contributed by atoms with Gasteiger partial charge in [-0.15, -0.1) is 0 Å². The zero-order valence-electron chi connectivity index (χ0n) is 6.68. The monoisotopic (exact) mass is 233 g/mol. The second-order valence-electron chi connectivity index (χ2n) is 2.16. The van der Waals surface area contributed by atoms with E-state index in [2.05, 4.69) is 4.18 Å². The molecule has 0 unspecified atom stereocenters. The molecule has 14 heavy (non-hydrogen) atoms. The Balaban J connectivity index is 2.64. The highest BCUT2D eigenvalue weighted by atomic mass is 35.5. The largest absolute Gasteiger partial charge is 0.416 e. The van der Waals surface area contributed by atoms with Crippen molar-refractivity contribution < 1.29 is 13.9 Å². The number of benzene rings is 1. The highest BCUT2D eigenvalue weighted by Gasteiger charge is 2.05. The van der Waals surface area contributed by atoms with Crippen LogP contribution >= 0.6 is 23.6 Å². The summed E-state index contributed by atoms with van der Waals surface area (Å²) in [6, 6.07) is 5.54. The molecule has 0 aromatic heterocycles. The van der Waals surface area contributed by atoms with Crippen molar-refractivity contribution in [3.05, 3.63) is 34.4 Å². The first-order valence-electron chi connectivity index (χ1n) is 3.38. The third kappa shape index (κ3) is 3.23. The van der Waals surface area contributed by atoms with Crippen LogP contribution in [0.3, 0.4) is 0 Å². The summed E-state index contributed by atoms with van der Waals surface area (Å²) in [5.74, 6) is 0. The molecular formula is C7H4ClNO4S. The van der Waals surface area contributed by atoms with Crippen LogP contribution < -0.4 is 0 Å². The Morgan fingerprint density at radius 3 is 2.43 bits per heavy atom. The van der Waals surface area contributed by atoms with Crippen molar-refractivity contribution in [1.82, 2.24) is 0 Å². The van der Waals surface area contributed by atoms with Crippen molar-refractivity contribution in [2.45, 2.75) is 4.90 Å². The Morgan fingerprint density at radius 2 is 2.00 bits per heavy atom. The Bertz CT molecular complexity index is 353. The molecule has 0 amide bonds. The molecule has 0 radical (unpaired) electrons. The van der Waals surface area contributed by atoms with Gasteiger partial charge in [-0.1, -0.05) is 0 Å². The van der Waals surface area contributed by atoms with Crippen LogP contribution in [0.5, 0.6) is 0 Å². The Kier molecular flexibility index (Phi) is 3.73. The Labute approximate surface area is 88.4 Å². The molecule has 0 saturated heterocycles. The smallest absolute Gasteiger partial charge is 0.374 e. The van der Waals surface area contributed by atoms with Crippen LogP contribution in [0.4, 0.5) is 10.5 Å². The fourth-order valence-corrected chi connectivity index (χ4v) is 1.21. The number of nitrogens with zero attached hydrogens (tertiary/aromatic N) is 1. The molecule has 0 aliphatic heterocycles. The maximum atomic E-state index is 10.3. The standard InChI is InChI=1S/C7H4ClNO4S/c8-7(10)13-14-6-3-1-5(2-4-6)9(11)12/h1-4H. The van der Waals surface area contributed by atoms with Crippen molar-refractivity contribution in [2.75, 3.05) is 0 Å². The van der Waals surface area contributed by atoms with Crippen LogP contribution in [0.15, 0.2) is 29.2 Å². The topological polar surface area (TPSA) is 69.4 Å². The number of rotatable bonds is 3. The molecule has 7 heteroatoms. The van der Waals surface area contributed by atoms with Crippen LogP contribution in [-0.2, 0) is 4.18 Å². The van der Waals surface area contributed by atoms with E-state index in [-0.39, 0.29) is 5.69 Å². The number of non-ortho nitro benzene ring substituents is 1. The number of nitro benzene ring substituents is 1. The van der Waals surface area contributed by atoms with E-state index >= 15 is 0 Å². The number of hydrogen-bond donors (Lipinski definition) is 0. The lowest BCUT2D eigenvalue weighted by molar-refractivity contribution is -0.384. The molecule has 1 aromatic carbocycles. The molecule has 74 valence electrons. The maximum absolute atomic E-state index is 10.3. The second-order valence-corrected chi connectivity index (χ2v) is 3.27. The zero-order chi connectivity index (χ0) is 10.6. The zero-order valence-corrected chi connectivity index (χ0v) is 8.25. The molecule has 0 heterocycles. The number of carbonyl (C=O) groups is 1. The van der Waals surface area contributed by atoms with Gasteiger partial charge in [0.25, 0.3) is 5.69 Å². The summed E-state index contributed by atoms with van der Waals surface area (Å²) in [7, 11) is 0. The van der Waals surface area contributed by atoms with Crippen LogP contribution in [0.1, 0.15) is 0 Å². The van der Waals surface area contributed by atoms with Gasteiger partial charge in [-0.3, -0.25) is 10.1 Å². The number of hydrogen-bond acceptors (Lipinski definition) is 5. The quantitative estimate of drug-likeness (QED) is 0.347. The lowest BCUT2D eigenvalue weighted by Gasteiger charge is -1.97. The average molecular weight is 234 g/mol. The van der Waals surface area contributed by atoms with E-state index in [0.29, 0.717) is 4.90 Å². The third-order valence-corrected chi connectivity index (χ3v) is 2.12. The molecular weight excluding hydrogens is 230 g/mol. The maximum Gasteiger partial charge on any atom is 0.416 e. The van der Waals surface area contributed by atoms with Crippen LogP contribution in [0.2, 0.25) is 0 Å². The number of nitro groups is 1. The molecule has 0 aliphatic carbocycles. The number of halogens is 1. The van der Waals surface area contributed by atoms with E-state index in [1.807, 2.05) is 0 Å². The summed E-state index contributed by atoms with van der Waals surface area (Å²) in [5.41, 5.74) is -0.958. The Hall–Kier alpha value is -1.27. The molecule has 0 atom stereocenters. The van der Waals surface area contributed by atoms with Gasteiger partial charge >= 0.3 is 5.43 Å². The first kappa shape index (κ1) is 10.8. The van der Waals surface area contributed by atoms with Gasteiger partial charge in [-0.25, -0.2) is 4.79 Å². The van der Waals surface area contributed by atoms with Gasteiger partial charge < -0.3 is 4.18 Å². The summed E-state index contributed by atoms with van der Waals surface area (Å²) >= 11 is 5.66. The first-order valence-corrected chi connectivity index (χ1v) is 4.50. The average Bonchev–Trinajstić information content (AvgIpc) is 2.15.